The van der Waals surface area contributed by atoms with Crippen LogP contribution in [0.5, 0.6) is 0 Å². The predicted octanol–water partition coefficient (Wildman–Crippen LogP) is 4.35. The highest BCUT2D eigenvalue weighted by Crippen LogP contribution is 2.26. The molecule has 2 aromatic rings. The van der Waals surface area contributed by atoms with Crippen molar-refractivity contribution in [2.24, 2.45) is 0 Å². The third-order valence-corrected chi connectivity index (χ3v) is 3.08. The summed E-state index contributed by atoms with van der Waals surface area (Å²) < 4.78 is 13.8. The van der Waals surface area contributed by atoms with Crippen LogP contribution in [0.2, 0.25) is 5.02 Å². The van der Waals surface area contributed by atoms with E-state index in [1.807, 2.05) is 20.8 Å². The predicted molar refractivity (Wildman–Crippen MR) is 85.0 cm³/mol. The maximum atomic E-state index is 13.8. The van der Waals surface area contributed by atoms with E-state index in [4.69, 9.17) is 11.6 Å². The molecule has 0 saturated carbocycles. The maximum Gasteiger partial charge on any atom is 0.146 e. The van der Waals surface area contributed by atoms with Gasteiger partial charge in [0.15, 0.2) is 0 Å². The first-order valence-corrected chi connectivity index (χ1v) is 6.97. The van der Waals surface area contributed by atoms with Crippen molar-refractivity contribution in [2.75, 3.05) is 17.7 Å². The normalized spacial score (nSPS) is 11.3. The largest absolute Gasteiger partial charge is 0.373 e. The second kappa shape index (κ2) is 5.85. The van der Waals surface area contributed by atoms with Gasteiger partial charge >= 0.3 is 0 Å². The molecule has 0 aliphatic heterocycles. The fourth-order valence-corrected chi connectivity index (χ4v) is 1.88. The summed E-state index contributed by atoms with van der Waals surface area (Å²) in [5, 5.41) is 6.39. The minimum atomic E-state index is -0.388. The van der Waals surface area contributed by atoms with Crippen molar-refractivity contribution in [3.8, 4) is 0 Å². The number of rotatable bonds is 3. The standard InChI is InChI=1S/C15H18ClFN4/c1-15(2,3)14-20-12(18-4)8-13(21-14)19-11-7-9(16)5-6-10(11)17/h5-8H,1-4H3,(H2,18,19,20,21). The van der Waals surface area contributed by atoms with Gasteiger partial charge in [0, 0.05) is 23.6 Å². The Morgan fingerprint density at radius 3 is 2.38 bits per heavy atom. The van der Waals surface area contributed by atoms with E-state index in [-0.39, 0.29) is 16.9 Å². The van der Waals surface area contributed by atoms with Gasteiger partial charge in [-0.2, -0.15) is 0 Å². The Kier molecular flexibility index (Phi) is 4.32. The highest BCUT2D eigenvalue weighted by atomic mass is 35.5. The molecule has 21 heavy (non-hydrogen) atoms. The monoisotopic (exact) mass is 308 g/mol. The molecule has 4 nitrogen and oxygen atoms in total. The summed E-state index contributed by atoms with van der Waals surface area (Å²) in [6, 6.07) is 6.06. The van der Waals surface area contributed by atoms with E-state index in [2.05, 4.69) is 20.6 Å². The molecule has 0 atom stereocenters. The van der Waals surface area contributed by atoms with Crippen molar-refractivity contribution in [3.05, 3.63) is 40.9 Å². The van der Waals surface area contributed by atoms with Crippen molar-refractivity contribution >= 4 is 28.9 Å². The van der Waals surface area contributed by atoms with Crippen LogP contribution in [0, 0.1) is 5.82 Å². The summed E-state index contributed by atoms with van der Waals surface area (Å²) >= 11 is 5.89. The molecular formula is C15H18ClFN4. The number of nitrogens with one attached hydrogen (secondary N) is 2. The number of benzene rings is 1. The summed E-state index contributed by atoms with van der Waals surface area (Å²) in [4.78, 5) is 8.87. The number of aromatic nitrogens is 2. The fraction of sp³-hybridized carbons (Fsp3) is 0.333. The number of hydrogen-bond acceptors (Lipinski definition) is 4. The zero-order chi connectivity index (χ0) is 15.6. The van der Waals surface area contributed by atoms with Crippen molar-refractivity contribution in [2.45, 2.75) is 26.2 Å². The Bertz CT molecular complexity index is 653. The molecule has 2 N–H and O–H groups in total. The molecule has 112 valence electrons. The fourth-order valence-electron chi connectivity index (χ4n) is 1.71. The van der Waals surface area contributed by atoms with Crippen molar-refractivity contribution < 1.29 is 4.39 Å². The second-order valence-electron chi connectivity index (χ2n) is 5.71. The molecule has 6 heteroatoms. The molecule has 0 radical (unpaired) electrons. The average Bonchev–Trinajstić information content (AvgIpc) is 2.41. The summed E-state index contributed by atoms with van der Waals surface area (Å²) in [7, 11) is 1.78. The molecule has 0 amide bonds. The highest BCUT2D eigenvalue weighted by Gasteiger charge is 2.19. The minimum absolute atomic E-state index is 0.212. The van der Waals surface area contributed by atoms with Crippen LogP contribution in [0.3, 0.4) is 0 Å². The minimum Gasteiger partial charge on any atom is -0.373 e. The van der Waals surface area contributed by atoms with E-state index in [0.717, 1.165) is 0 Å². The van der Waals surface area contributed by atoms with E-state index < -0.39 is 0 Å². The number of anilines is 3. The van der Waals surface area contributed by atoms with Crippen LogP contribution in [0.1, 0.15) is 26.6 Å². The number of nitrogens with zero attached hydrogens (tertiary/aromatic N) is 2. The molecule has 0 bridgehead atoms. The van der Waals surface area contributed by atoms with Crippen LogP contribution in [0.25, 0.3) is 0 Å². The van der Waals surface area contributed by atoms with E-state index in [1.54, 1.807) is 13.1 Å². The summed E-state index contributed by atoms with van der Waals surface area (Å²) in [5.41, 5.74) is 0.0685. The van der Waals surface area contributed by atoms with Gasteiger partial charge in [0.2, 0.25) is 0 Å². The molecule has 0 aliphatic carbocycles. The van der Waals surface area contributed by atoms with Gasteiger partial charge in [0.05, 0.1) is 5.69 Å². The molecule has 0 unspecified atom stereocenters. The van der Waals surface area contributed by atoms with Crippen LogP contribution in [-0.4, -0.2) is 17.0 Å². The van der Waals surface area contributed by atoms with E-state index in [1.165, 1.54) is 18.2 Å². The lowest BCUT2D eigenvalue weighted by atomic mass is 9.96. The summed E-state index contributed by atoms with van der Waals surface area (Å²) in [6.07, 6.45) is 0. The number of halogens is 2. The molecule has 0 aliphatic rings. The van der Waals surface area contributed by atoms with Crippen molar-refractivity contribution in [1.29, 1.82) is 0 Å². The van der Waals surface area contributed by atoms with Gasteiger partial charge in [0.25, 0.3) is 0 Å². The molecule has 1 aromatic carbocycles. The van der Waals surface area contributed by atoms with Crippen LogP contribution >= 0.6 is 11.6 Å². The van der Waals surface area contributed by atoms with Crippen molar-refractivity contribution in [3.63, 3.8) is 0 Å². The Labute approximate surface area is 128 Å². The first-order chi connectivity index (χ1) is 9.79. The first-order valence-electron chi connectivity index (χ1n) is 6.59. The third-order valence-electron chi connectivity index (χ3n) is 2.84. The molecule has 0 saturated heterocycles. The molecule has 0 spiro atoms. The van der Waals surface area contributed by atoms with Crippen LogP contribution in [-0.2, 0) is 5.41 Å². The van der Waals surface area contributed by atoms with Gasteiger partial charge in [0.1, 0.15) is 23.3 Å². The van der Waals surface area contributed by atoms with E-state index >= 15 is 0 Å². The van der Waals surface area contributed by atoms with Gasteiger partial charge in [-0.3, -0.25) is 0 Å². The van der Waals surface area contributed by atoms with Gasteiger partial charge < -0.3 is 10.6 Å². The lowest BCUT2D eigenvalue weighted by Gasteiger charge is -2.19. The Morgan fingerprint density at radius 2 is 1.76 bits per heavy atom. The Morgan fingerprint density at radius 1 is 1.10 bits per heavy atom. The average molecular weight is 309 g/mol. The van der Waals surface area contributed by atoms with E-state index in [0.29, 0.717) is 22.5 Å². The highest BCUT2D eigenvalue weighted by molar-refractivity contribution is 6.30. The summed E-state index contributed by atoms with van der Waals surface area (Å²) in [5.74, 6) is 1.46. The molecule has 1 heterocycles. The van der Waals surface area contributed by atoms with Gasteiger partial charge in [-0.25, -0.2) is 14.4 Å². The second-order valence-corrected chi connectivity index (χ2v) is 6.15. The zero-order valence-corrected chi connectivity index (χ0v) is 13.2. The summed E-state index contributed by atoms with van der Waals surface area (Å²) in [6.45, 7) is 6.06. The Hall–Kier alpha value is -1.88. The van der Waals surface area contributed by atoms with Crippen LogP contribution < -0.4 is 10.6 Å². The molecular weight excluding hydrogens is 291 g/mol. The number of hydrogen-bond donors (Lipinski definition) is 2. The first kappa shape index (κ1) is 15.5. The Balaban J connectivity index is 2.42. The SMILES string of the molecule is CNc1cc(Nc2cc(Cl)ccc2F)nc(C(C)(C)C)n1. The van der Waals surface area contributed by atoms with Crippen LogP contribution in [0.15, 0.2) is 24.3 Å². The van der Waals surface area contributed by atoms with Gasteiger partial charge in [-0.1, -0.05) is 32.4 Å². The van der Waals surface area contributed by atoms with Crippen molar-refractivity contribution in [1.82, 2.24) is 9.97 Å². The van der Waals surface area contributed by atoms with E-state index in [9.17, 15) is 4.39 Å². The topological polar surface area (TPSA) is 49.8 Å². The molecule has 0 fully saturated rings. The third kappa shape index (κ3) is 3.82. The van der Waals surface area contributed by atoms with Crippen LogP contribution in [0.4, 0.5) is 21.7 Å². The molecule has 1 aromatic heterocycles. The zero-order valence-electron chi connectivity index (χ0n) is 12.5. The lowest BCUT2D eigenvalue weighted by Crippen LogP contribution is -2.17. The lowest BCUT2D eigenvalue weighted by molar-refractivity contribution is 0.547. The molecule has 2 rings (SSSR count). The van der Waals surface area contributed by atoms with Gasteiger partial charge in [-0.15, -0.1) is 0 Å². The quantitative estimate of drug-likeness (QED) is 0.885. The van der Waals surface area contributed by atoms with Gasteiger partial charge in [-0.05, 0) is 18.2 Å². The smallest absolute Gasteiger partial charge is 0.146 e. The maximum absolute atomic E-state index is 13.8.